The number of thioether (sulfide) groups is 1. The zero-order valence-corrected chi connectivity index (χ0v) is 15.2. The number of nitrogens with two attached hydrogens (primary N) is 1. The zero-order valence-electron chi connectivity index (χ0n) is 14.4. The van der Waals surface area contributed by atoms with Gasteiger partial charge < -0.3 is 15.5 Å². The number of benzene rings is 2. The highest BCUT2D eigenvalue weighted by Gasteiger charge is 2.30. The maximum Gasteiger partial charge on any atom is 0.102 e. The van der Waals surface area contributed by atoms with Crippen LogP contribution in [0.4, 0.5) is 17.1 Å². The Balaban J connectivity index is 1.54. The summed E-state index contributed by atoms with van der Waals surface area (Å²) in [6.45, 7) is 4.03. The van der Waals surface area contributed by atoms with Crippen molar-refractivity contribution in [1.29, 1.82) is 0 Å². The fraction of sp³-hybridized carbons (Fsp3) is 0.250. The van der Waals surface area contributed by atoms with E-state index in [4.69, 9.17) is 10.7 Å². The van der Waals surface area contributed by atoms with Crippen molar-refractivity contribution in [3.63, 3.8) is 0 Å². The molecule has 0 amide bonds. The average Bonchev–Trinajstić information content (AvgIpc) is 3.06. The van der Waals surface area contributed by atoms with Crippen LogP contribution in [0.1, 0.15) is 13.3 Å². The molecular formula is C20H22N4S. The van der Waals surface area contributed by atoms with Crippen LogP contribution in [-0.2, 0) is 0 Å². The zero-order chi connectivity index (χ0) is 17.2. The Bertz CT molecular complexity index is 829. The van der Waals surface area contributed by atoms with Gasteiger partial charge in [-0.15, -0.1) is 11.8 Å². The average molecular weight is 350 g/mol. The quantitative estimate of drug-likeness (QED) is 0.494. The van der Waals surface area contributed by atoms with Crippen molar-refractivity contribution in [2.45, 2.75) is 13.3 Å². The summed E-state index contributed by atoms with van der Waals surface area (Å²) < 4.78 is 0. The molecule has 0 saturated carbocycles. The van der Waals surface area contributed by atoms with Crippen molar-refractivity contribution in [1.82, 2.24) is 4.90 Å². The molecule has 2 aromatic carbocycles. The first kappa shape index (κ1) is 16.1. The van der Waals surface area contributed by atoms with Crippen LogP contribution in [-0.4, -0.2) is 29.7 Å². The van der Waals surface area contributed by atoms with Crippen LogP contribution in [0.25, 0.3) is 0 Å². The molecule has 2 aliphatic rings. The van der Waals surface area contributed by atoms with Gasteiger partial charge in [0.15, 0.2) is 0 Å². The molecule has 128 valence electrons. The fourth-order valence-electron chi connectivity index (χ4n) is 3.34. The normalized spacial score (nSPS) is 17.9. The SMILES string of the molecule is CC(=Nc1ccccc1)N1CCC2=C(C1)SCN2c1ccccc1N. The minimum absolute atomic E-state index is 0.848. The maximum atomic E-state index is 6.18. The van der Waals surface area contributed by atoms with Crippen LogP contribution >= 0.6 is 11.8 Å². The summed E-state index contributed by atoms with van der Waals surface area (Å²) >= 11 is 1.92. The van der Waals surface area contributed by atoms with E-state index in [9.17, 15) is 0 Å². The van der Waals surface area contributed by atoms with Gasteiger partial charge in [0.25, 0.3) is 0 Å². The van der Waals surface area contributed by atoms with E-state index in [1.54, 1.807) is 0 Å². The van der Waals surface area contributed by atoms with Gasteiger partial charge in [-0.05, 0) is 31.2 Å². The van der Waals surface area contributed by atoms with E-state index in [0.717, 1.165) is 48.3 Å². The number of amidine groups is 1. The highest BCUT2D eigenvalue weighted by molar-refractivity contribution is 8.03. The van der Waals surface area contributed by atoms with E-state index >= 15 is 0 Å². The molecule has 0 fully saturated rings. The Morgan fingerprint density at radius 3 is 2.64 bits per heavy atom. The largest absolute Gasteiger partial charge is 0.397 e. The Morgan fingerprint density at radius 1 is 1.08 bits per heavy atom. The van der Waals surface area contributed by atoms with Crippen LogP contribution in [0, 0.1) is 0 Å². The van der Waals surface area contributed by atoms with Gasteiger partial charge in [-0.1, -0.05) is 30.3 Å². The van der Waals surface area contributed by atoms with Crippen LogP contribution in [0.5, 0.6) is 0 Å². The van der Waals surface area contributed by atoms with Gasteiger partial charge in [-0.25, -0.2) is 4.99 Å². The fourth-order valence-corrected chi connectivity index (χ4v) is 4.55. The predicted molar refractivity (Wildman–Crippen MR) is 108 cm³/mol. The second-order valence-corrected chi connectivity index (χ2v) is 7.34. The summed E-state index contributed by atoms with van der Waals surface area (Å²) in [5.41, 5.74) is 10.6. The van der Waals surface area contributed by atoms with Crippen molar-refractivity contribution in [3.8, 4) is 0 Å². The standard InChI is InChI=1S/C20H22N4S/c1-15(22-16-7-3-2-4-8-16)23-12-11-19-20(13-23)25-14-24(19)18-10-6-5-9-17(18)21/h2-10H,11-14,21H2,1H3. The molecule has 0 bridgehead atoms. The van der Waals surface area contributed by atoms with Gasteiger partial charge in [-0.3, -0.25) is 0 Å². The lowest BCUT2D eigenvalue weighted by molar-refractivity contribution is 0.437. The molecule has 2 aromatic rings. The van der Waals surface area contributed by atoms with Crippen LogP contribution < -0.4 is 10.6 Å². The van der Waals surface area contributed by atoms with Crippen LogP contribution in [0.15, 0.2) is 70.2 Å². The molecule has 2 aliphatic heterocycles. The summed E-state index contributed by atoms with van der Waals surface area (Å²) in [6, 6.07) is 18.3. The van der Waals surface area contributed by atoms with Crippen molar-refractivity contribution >= 4 is 34.7 Å². The van der Waals surface area contributed by atoms with Crippen molar-refractivity contribution in [3.05, 3.63) is 65.2 Å². The maximum absolute atomic E-state index is 6.18. The number of hydrogen-bond donors (Lipinski definition) is 1. The lowest BCUT2D eigenvalue weighted by atomic mass is 10.1. The van der Waals surface area contributed by atoms with E-state index in [2.05, 4.69) is 28.9 Å². The monoisotopic (exact) mass is 350 g/mol. The van der Waals surface area contributed by atoms with Crippen LogP contribution in [0.2, 0.25) is 0 Å². The molecule has 0 aromatic heterocycles. The lowest BCUT2D eigenvalue weighted by Gasteiger charge is -2.32. The van der Waals surface area contributed by atoms with Gasteiger partial charge >= 0.3 is 0 Å². The van der Waals surface area contributed by atoms with Gasteiger partial charge in [0.2, 0.25) is 0 Å². The number of para-hydroxylation sites is 3. The van der Waals surface area contributed by atoms with E-state index in [0.29, 0.717) is 0 Å². The first-order chi connectivity index (χ1) is 12.2. The Labute approximate surface area is 153 Å². The van der Waals surface area contributed by atoms with Gasteiger partial charge in [0, 0.05) is 23.6 Å². The molecule has 0 radical (unpaired) electrons. The summed E-state index contributed by atoms with van der Waals surface area (Å²) in [7, 11) is 0. The lowest BCUT2D eigenvalue weighted by Crippen LogP contribution is -2.36. The Morgan fingerprint density at radius 2 is 1.84 bits per heavy atom. The molecule has 25 heavy (non-hydrogen) atoms. The molecule has 4 nitrogen and oxygen atoms in total. The molecule has 0 unspecified atom stereocenters. The number of nitrogen functional groups attached to an aromatic ring is 1. The summed E-state index contributed by atoms with van der Waals surface area (Å²) in [6.07, 6.45) is 1.03. The summed E-state index contributed by atoms with van der Waals surface area (Å²) in [4.78, 5) is 11.0. The molecule has 0 spiro atoms. The number of nitrogens with zero attached hydrogens (tertiary/aromatic N) is 3. The molecule has 0 aliphatic carbocycles. The van der Waals surface area contributed by atoms with Crippen molar-refractivity contribution in [2.24, 2.45) is 4.99 Å². The topological polar surface area (TPSA) is 44.9 Å². The molecule has 0 atom stereocenters. The molecular weight excluding hydrogens is 328 g/mol. The Kier molecular flexibility index (Phi) is 4.40. The van der Waals surface area contributed by atoms with Crippen LogP contribution in [0.3, 0.4) is 0 Å². The molecule has 2 heterocycles. The van der Waals surface area contributed by atoms with E-state index in [1.807, 2.05) is 54.2 Å². The van der Waals surface area contributed by atoms with E-state index in [1.165, 1.54) is 10.6 Å². The van der Waals surface area contributed by atoms with Gasteiger partial charge in [-0.2, -0.15) is 0 Å². The third-order valence-electron chi connectivity index (χ3n) is 4.70. The molecule has 5 heteroatoms. The van der Waals surface area contributed by atoms with Gasteiger partial charge in [0.1, 0.15) is 5.84 Å². The highest BCUT2D eigenvalue weighted by atomic mass is 32.2. The van der Waals surface area contributed by atoms with Crippen molar-refractivity contribution in [2.75, 3.05) is 29.6 Å². The summed E-state index contributed by atoms with van der Waals surface area (Å²) in [5, 5.41) is 0. The minimum Gasteiger partial charge on any atom is -0.397 e. The second kappa shape index (κ2) is 6.84. The van der Waals surface area contributed by atoms with Gasteiger partial charge in [0.05, 0.1) is 29.5 Å². The number of anilines is 2. The number of hydrogen-bond acceptors (Lipinski definition) is 4. The second-order valence-electron chi connectivity index (χ2n) is 6.30. The third-order valence-corrected chi connectivity index (χ3v) is 5.80. The predicted octanol–water partition coefficient (Wildman–Crippen LogP) is 4.45. The molecule has 2 N–H and O–H groups in total. The van der Waals surface area contributed by atoms with Crippen molar-refractivity contribution < 1.29 is 0 Å². The molecule has 0 saturated heterocycles. The minimum atomic E-state index is 0.848. The highest BCUT2D eigenvalue weighted by Crippen LogP contribution is 2.41. The number of aliphatic imine (C=N–C) groups is 1. The third kappa shape index (κ3) is 3.24. The van der Waals surface area contributed by atoms with E-state index < -0.39 is 0 Å². The molecule has 4 rings (SSSR count). The first-order valence-electron chi connectivity index (χ1n) is 8.54. The Hall–Kier alpha value is -2.40. The first-order valence-corrected chi connectivity index (χ1v) is 9.53. The smallest absolute Gasteiger partial charge is 0.102 e. The van der Waals surface area contributed by atoms with E-state index in [-0.39, 0.29) is 0 Å². The number of rotatable bonds is 2. The summed E-state index contributed by atoms with van der Waals surface area (Å²) in [5.74, 6) is 2.03.